The summed E-state index contributed by atoms with van der Waals surface area (Å²) in [6, 6.07) is 12.6. The quantitative estimate of drug-likeness (QED) is 0.708. The van der Waals surface area contributed by atoms with Gasteiger partial charge in [0.25, 0.3) is 5.91 Å². The Labute approximate surface area is 170 Å². The van der Waals surface area contributed by atoms with Gasteiger partial charge in [-0.25, -0.2) is 0 Å². The molecule has 0 radical (unpaired) electrons. The Bertz CT molecular complexity index is 865. The van der Waals surface area contributed by atoms with Gasteiger partial charge >= 0.3 is 0 Å². The van der Waals surface area contributed by atoms with Crippen LogP contribution >= 0.6 is 11.6 Å². The maximum absolute atomic E-state index is 13.3. The van der Waals surface area contributed by atoms with Crippen molar-refractivity contribution in [2.24, 2.45) is 0 Å². The highest BCUT2D eigenvalue weighted by molar-refractivity contribution is 6.31. The Morgan fingerprint density at radius 2 is 1.93 bits per heavy atom. The molecule has 0 unspecified atom stereocenters. The molecule has 3 rings (SSSR count). The molecule has 28 heavy (non-hydrogen) atoms. The zero-order chi connectivity index (χ0) is 20.3. The summed E-state index contributed by atoms with van der Waals surface area (Å²) in [6.45, 7) is 6.68. The summed E-state index contributed by atoms with van der Waals surface area (Å²) in [4.78, 5) is 28.7. The lowest BCUT2D eigenvalue weighted by molar-refractivity contribution is -0.127. The van der Waals surface area contributed by atoms with Gasteiger partial charge in [-0.15, -0.1) is 0 Å². The van der Waals surface area contributed by atoms with E-state index in [0.29, 0.717) is 35.0 Å². The zero-order valence-corrected chi connectivity index (χ0v) is 17.2. The largest absolute Gasteiger partial charge is 0.491 e. The number of carbonyl (C=O) groups is 2. The fraction of sp³-hybridized carbons (Fsp3) is 0.364. The first-order chi connectivity index (χ1) is 13.3. The van der Waals surface area contributed by atoms with E-state index in [-0.39, 0.29) is 24.6 Å². The van der Waals surface area contributed by atoms with Gasteiger partial charge in [-0.1, -0.05) is 17.7 Å². The highest BCUT2D eigenvalue weighted by Gasteiger charge is 2.26. The maximum Gasteiger partial charge on any atom is 0.259 e. The minimum Gasteiger partial charge on any atom is -0.491 e. The lowest BCUT2D eigenvalue weighted by Gasteiger charge is -2.28. The normalized spacial score (nSPS) is 13.9. The van der Waals surface area contributed by atoms with Gasteiger partial charge in [0.15, 0.2) is 0 Å². The number of rotatable bonds is 6. The summed E-state index contributed by atoms with van der Waals surface area (Å²) in [7, 11) is 0. The average Bonchev–Trinajstić information content (AvgIpc) is 3.06. The van der Waals surface area contributed by atoms with Crippen LogP contribution in [0.5, 0.6) is 5.75 Å². The average molecular weight is 401 g/mol. The van der Waals surface area contributed by atoms with Crippen molar-refractivity contribution in [2.45, 2.75) is 39.7 Å². The minimum atomic E-state index is -0.185. The van der Waals surface area contributed by atoms with Crippen molar-refractivity contribution in [2.75, 3.05) is 18.1 Å². The number of carbonyl (C=O) groups excluding carboxylic acids is 2. The lowest BCUT2D eigenvalue weighted by atomic mass is 10.1. The van der Waals surface area contributed by atoms with Crippen LogP contribution in [0.3, 0.4) is 0 Å². The molecule has 5 nitrogen and oxygen atoms in total. The van der Waals surface area contributed by atoms with E-state index in [2.05, 4.69) is 0 Å². The number of ether oxygens (including phenoxy) is 1. The summed E-state index contributed by atoms with van der Waals surface area (Å²) < 4.78 is 5.65. The molecule has 0 aromatic heterocycles. The van der Waals surface area contributed by atoms with Crippen molar-refractivity contribution in [3.05, 3.63) is 58.6 Å². The smallest absolute Gasteiger partial charge is 0.259 e. The van der Waals surface area contributed by atoms with Crippen molar-refractivity contribution in [3.63, 3.8) is 0 Å². The number of likely N-dealkylation sites (tertiary alicyclic amines) is 1. The molecule has 0 bridgehead atoms. The predicted octanol–water partition coefficient (Wildman–Crippen LogP) is 4.66. The van der Waals surface area contributed by atoms with E-state index in [0.717, 1.165) is 12.0 Å². The van der Waals surface area contributed by atoms with Crippen molar-refractivity contribution in [3.8, 4) is 5.75 Å². The molecule has 0 saturated carbocycles. The van der Waals surface area contributed by atoms with E-state index in [4.69, 9.17) is 16.3 Å². The number of benzene rings is 2. The number of hydrogen-bond donors (Lipinski definition) is 0. The predicted molar refractivity (Wildman–Crippen MR) is 111 cm³/mol. The second-order valence-corrected chi connectivity index (χ2v) is 7.67. The van der Waals surface area contributed by atoms with Gasteiger partial charge in [0.1, 0.15) is 12.4 Å². The van der Waals surface area contributed by atoms with Crippen molar-refractivity contribution in [1.29, 1.82) is 0 Å². The van der Waals surface area contributed by atoms with Crippen LogP contribution in [0.2, 0.25) is 5.02 Å². The fourth-order valence-electron chi connectivity index (χ4n) is 3.14. The third-order valence-electron chi connectivity index (χ3n) is 4.67. The molecule has 6 heteroatoms. The second-order valence-electron chi connectivity index (χ2n) is 7.26. The summed E-state index contributed by atoms with van der Waals surface area (Å²) >= 11 is 6.29. The summed E-state index contributed by atoms with van der Waals surface area (Å²) in [6.07, 6.45) is 1.41. The third kappa shape index (κ3) is 4.65. The van der Waals surface area contributed by atoms with E-state index >= 15 is 0 Å². The molecule has 0 N–H and O–H groups in total. The van der Waals surface area contributed by atoms with Crippen LogP contribution in [0.1, 0.15) is 42.6 Å². The molecule has 0 aliphatic carbocycles. The molecule has 0 atom stereocenters. The summed E-state index contributed by atoms with van der Waals surface area (Å²) in [5.74, 6) is 0.596. The first kappa shape index (κ1) is 20.2. The number of aryl methyl sites for hydroxylation is 1. The topological polar surface area (TPSA) is 49.9 Å². The van der Waals surface area contributed by atoms with Gasteiger partial charge in [0.05, 0.1) is 6.10 Å². The molecular weight excluding hydrogens is 376 g/mol. The molecule has 2 amide bonds. The molecular formula is C22H25ClN2O3. The lowest BCUT2D eigenvalue weighted by Crippen LogP contribution is -2.42. The minimum absolute atomic E-state index is 0.0638. The molecule has 1 fully saturated rings. The fourth-order valence-corrected chi connectivity index (χ4v) is 3.32. The first-order valence-electron chi connectivity index (χ1n) is 9.47. The Hall–Kier alpha value is -2.53. The standard InChI is InChI=1S/C22H25ClN2O3/c1-15(2)28-19-10-7-17(8-11-19)22(27)25(14-24-12-4-5-21(24)26)18-9-6-16(3)20(23)13-18/h6-11,13,15H,4-5,12,14H2,1-3H3. The van der Waals surface area contributed by atoms with Crippen LogP contribution < -0.4 is 9.64 Å². The Balaban J connectivity index is 1.89. The van der Waals surface area contributed by atoms with Crippen LogP contribution in [-0.4, -0.2) is 36.0 Å². The SMILES string of the molecule is Cc1ccc(N(CN2CCCC2=O)C(=O)c2ccc(OC(C)C)cc2)cc1Cl. The van der Waals surface area contributed by atoms with Crippen LogP contribution in [0.4, 0.5) is 5.69 Å². The monoisotopic (exact) mass is 400 g/mol. The highest BCUT2D eigenvalue weighted by Crippen LogP contribution is 2.26. The van der Waals surface area contributed by atoms with Crippen LogP contribution in [0, 0.1) is 6.92 Å². The van der Waals surface area contributed by atoms with E-state index < -0.39 is 0 Å². The Morgan fingerprint density at radius 3 is 2.50 bits per heavy atom. The molecule has 1 saturated heterocycles. The molecule has 1 heterocycles. The van der Waals surface area contributed by atoms with Gasteiger partial charge in [-0.3, -0.25) is 14.5 Å². The summed E-state index contributed by atoms with van der Waals surface area (Å²) in [5, 5.41) is 0.587. The molecule has 1 aliphatic heterocycles. The summed E-state index contributed by atoms with van der Waals surface area (Å²) in [5.41, 5.74) is 2.13. The van der Waals surface area contributed by atoms with Gasteiger partial charge in [0.2, 0.25) is 5.91 Å². The highest BCUT2D eigenvalue weighted by atomic mass is 35.5. The molecule has 0 spiro atoms. The van der Waals surface area contributed by atoms with E-state index in [1.54, 1.807) is 40.1 Å². The van der Waals surface area contributed by atoms with Crippen molar-refractivity contribution >= 4 is 29.1 Å². The Morgan fingerprint density at radius 1 is 1.21 bits per heavy atom. The van der Waals surface area contributed by atoms with E-state index in [1.165, 1.54) is 0 Å². The number of halogens is 1. The maximum atomic E-state index is 13.3. The van der Waals surface area contributed by atoms with E-state index in [1.807, 2.05) is 32.9 Å². The van der Waals surface area contributed by atoms with Gasteiger partial charge in [0, 0.05) is 29.2 Å². The van der Waals surface area contributed by atoms with Gasteiger partial charge < -0.3 is 9.64 Å². The third-order valence-corrected chi connectivity index (χ3v) is 5.08. The van der Waals surface area contributed by atoms with Crippen LogP contribution in [-0.2, 0) is 4.79 Å². The molecule has 1 aliphatic rings. The zero-order valence-electron chi connectivity index (χ0n) is 16.4. The molecule has 148 valence electrons. The molecule has 2 aromatic carbocycles. The second kappa shape index (κ2) is 8.65. The number of hydrogen-bond acceptors (Lipinski definition) is 3. The Kier molecular flexibility index (Phi) is 6.25. The van der Waals surface area contributed by atoms with Crippen LogP contribution in [0.25, 0.3) is 0 Å². The van der Waals surface area contributed by atoms with Gasteiger partial charge in [-0.05, 0) is 69.2 Å². The van der Waals surface area contributed by atoms with Crippen LogP contribution in [0.15, 0.2) is 42.5 Å². The van der Waals surface area contributed by atoms with Gasteiger partial charge in [-0.2, -0.15) is 0 Å². The number of amides is 2. The number of nitrogens with zero attached hydrogens (tertiary/aromatic N) is 2. The molecule has 2 aromatic rings. The van der Waals surface area contributed by atoms with Crippen molar-refractivity contribution in [1.82, 2.24) is 4.90 Å². The van der Waals surface area contributed by atoms with E-state index in [9.17, 15) is 9.59 Å². The van der Waals surface area contributed by atoms with Crippen molar-refractivity contribution < 1.29 is 14.3 Å². The number of anilines is 1. The first-order valence-corrected chi connectivity index (χ1v) is 9.85.